The van der Waals surface area contributed by atoms with E-state index in [1.165, 1.54) is 49.7 Å². The highest BCUT2D eigenvalue weighted by Gasteiger charge is 2.09. The number of hydrazone groups is 1. The van der Waals surface area contributed by atoms with E-state index < -0.39 is 17.6 Å². The number of nitrogens with one attached hydrogen (secondary N) is 2. The molecule has 7 nitrogen and oxygen atoms in total. The number of hydrogen-bond acceptors (Lipinski definition) is 5. The minimum atomic E-state index is -0.508. The van der Waals surface area contributed by atoms with E-state index in [4.69, 9.17) is 4.74 Å². The Morgan fingerprint density at radius 2 is 1.77 bits per heavy atom. The maximum atomic E-state index is 13.0. The topological polar surface area (TPSA) is 100 Å². The van der Waals surface area contributed by atoms with Gasteiger partial charge in [-0.25, -0.2) is 9.82 Å². The summed E-state index contributed by atoms with van der Waals surface area (Å²) in [5, 5.41) is 16.3. The van der Waals surface area contributed by atoms with Crippen LogP contribution in [-0.4, -0.2) is 30.2 Å². The molecule has 0 aliphatic carbocycles. The number of methoxy groups -OCH3 is 1. The predicted octanol–water partition coefficient (Wildman–Crippen LogP) is 3.56. The van der Waals surface area contributed by atoms with Gasteiger partial charge in [0.2, 0.25) is 0 Å². The van der Waals surface area contributed by atoms with E-state index >= 15 is 0 Å². The van der Waals surface area contributed by atoms with E-state index in [1.54, 1.807) is 30.3 Å². The third kappa shape index (κ3) is 5.20. The Bertz CT molecular complexity index is 1100. The van der Waals surface area contributed by atoms with Crippen molar-refractivity contribution >= 4 is 23.7 Å². The number of rotatable bonds is 6. The number of hydrogen-bond donors (Lipinski definition) is 3. The summed E-state index contributed by atoms with van der Waals surface area (Å²) >= 11 is 0. The summed E-state index contributed by atoms with van der Waals surface area (Å²) < 4.78 is 18.1. The highest BCUT2D eigenvalue weighted by atomic mass is 19.1. The van der Waals surface area contributed by atoms with Crippen molar-refractivity contribution < 1.29 is 23.8 Å². The Balaban J connectivity index is 1.66. The third-order valence-electron chi connectivity index (χ3n) is 4.09. The van der Waals surface area contributed by atoms with Crippen molar-refractivity contribution in [1.29, 1.82) is 0 Å². The first-order chi connectivity index (χ1) is 14.5. The molecule has 0 aromatic heterocycles. The molecule has 3 aromatic carbocycles. The molecule has 2 amide bonds. The zero-order valence-electron chi connectivity index (χ0n) is 15.9. The van der Waals surface area contributed by atoms with Gasteiger partial charge in [-0.2, -0.15) is 5.10 Å². The van der Waals surface area contributed by atoms with Crippen LogP contribution in [0.5, 0.6) is 11.5 Å². The molecule has 3 aromatic rings. The van der Waals surface area contributed by atoms with Gasteiger partial charge in [-0.1, -0.05) is 6.07 Å². The zero-order valence-corrected chi connectivity index (χ0v) is 15.9. The number of phenolic OH excluding ortho intramolecular Hbond substituents is 1. The molecule has 3 N–H and O–H groups in total. The first kappa shape index (κ1) is 20.5. The van der Waals surface area contributed by atoms with Crippen LogP contribution < -0.4 is 15.5 Å². The van der Waals surface area contributed by atoms with Gasteiger partial charge in [-0.15, -0.1) is 0 Å². The monoisotopic (exact) mass is 407 g/mol. The van der Waals surface area contributed by atoms with Gasteiger partial charge < -0.3 is 15.2 Å². The number of amides is 2. The number of halogens is 1. The quantitative estimate of drug-likeness (QED) is 0.430. The highest BCUT2D eigenvalue weighted by molar-refractivity contribution is 6.05. The number of carbonyl (C=O) groups is 2. The predicted molar refractivity (Wildman–Crippen MR) is 111 cm³/mol. The van der Waals surface area contributed by atoms with Crippen LogP contribution in [0.15, 0.2) is 71.8 Å². The first-order valence-corrected chi connectivity index (χ1v) is 8.83. The largest absolute Gasteiger partial charge is 0.507 e. The lowest BCUT2D eigenvalue weighted by Crippen LogP contribution is -2.18. The molecule has 0 bridgehead atoms. The molecular formula is C22H18FN3O4. The van der Waals surface area contributed by atoms with Crippen molar-refractivity contribution in [2.75, 3.05) is 12.4 Å². The Morgan fingerprint density at radius 3 is 2.50 bits per heavy atom. The molecule has 0 saturated carbocycles. The smallest absolute Gasteiger partial charge is 0.271 e. The fourth-order valence-electron chi connectivity index (χ4n) is 2.53. The number of phenols is 1. The van der Waals surface area contributed by atoms with Crippen LogP contribution in [0.3, 0.4) is 0 Å². The zero-order chi connectivity index (χ0) is 21.5. The molecular weight excluding hydrogens is 389 g/mol. The van der Waals surface area contributed by atoms with E-state index in [2.05, 4.69) is 15.8 Å². The molecule has 8 heteroatoms. The molecule has 0 aliphatic rings. The molecule has 0 saturated heterocycles. The second kappa shape index (κ2) is 9.33. The Hall–Kier alpha value is -4.20. The Labute approximate surface area is 171 Å². The van der Waals surface area contributed by atoms with Crippen molar-refractivity contribution in [1.82, 2.24) is 5.43 Å². The van der Waals surface area contributed by atoms with E-state index in [-0.39, 0.29) is 16.9 Å². The molecule has 0 unspecified atom stereocenters. The number of ether oxygens (including phenoxy) is 1. The molecule has 30 heavy (non-hydrogen) atoms. The van der Waals surface area contributed by atoms with Gasteiger partial charge in [-0.05, 0) is 60.7 Å². The average molecular weight is 407 g/mol. The Morgan fingerprint density at radius 1 is 1.00 bits per heavy atom. The SMILES string of the molecule is COc1ccc(O)c(C=NNC(=O)c2cccc(NC(=O)c3ccc(F)cc3)c2)c1. The van der Waals surface area contributed by atoms with Gasteiger partial charge in [0.25, 0.3) is 11.8 Å². The second-order valence-electron chi connectivity index (χ2n) is 6.17. The van der Waals surface area contributed by atoms with E-state index in [0.29, 0.717) is 17.0 Å². The molecule has 0 aliphatic heterocycles. The summed E-state index contributed by atoms with van der Waals surface area (Å²) in [7, 11) is 1.50. The van der Waals surface area contributed by atoms with Crippen LogP contribution in [0.2, 0.25) is 0 Å². The number of benzene rings is 3. The lowest BCUT2D eigenvalue weighted by atomic mass is 10.1. The van der Waals surface area contributed by atoms with Crippen LogP contribution in [0, 0.1) is 5.82 Å². The second-order valence-corrected chi connectivity index (χ2v) is 6.17. The van der Waals surface area contributed by atoms with Crippen molar-refractivity contribution in [2.45, 2.75) is 0 Å². The fraction of sp³-hybridized carbons (Fsp3) is 0.0455. The lowest BCUT2D eigenvalue weighted by molar-refractivity contribution is 0.0953. The van der Waals surface area contributed by atoms with Crippen LogP contribution in [0.25, 0.3) is 0 Å². The summed E-state index contributed by atoms with van der Waals surface area (Å²) in [4.78, 5) is 24.6. The molecule has 3 rings (SSSR count). The molecule has 152 valence electrons. The number of carbonyl (C=O) groups excluding carboxylic acids is 2. The molecule has 0 radical (unpaired) electrons. The summed E-state index contributed by atoms with van der Waals surface area (Å²) in [6.07, 6.45) is 1.29. The van der Waals surface area contributed by atoms with Gasteiger partial charge in [0.05, 0.1) is 13.3 Å². The molecule has 0 fully saturated rings. The number of nitrogens with zero attached hydrogens (tertiary/aromatic N) is 1. The summed E-state index contributed by atoms with van der Waals surface area (Å²) in [6, 6.07) is 16.0. The molecule has 0 heterocycles. The normalized spacial score (nSPS) is 10.6. The van der Waals surface area contributed by atoms with Crippen LogP contribution in [0.1, 0.15) is 26.3 Å². The average Bonchev–Trinajstić information content (AvgIpc) is 2.75. The Kier molecular flexibility index (Phi) is 6.39. The first-order valence-electron chi connectivity index (χ1n) is 8.83. The van der Waals surface area contributed by atoms with Crippen molar-refractivity contribution in [3.63, 3.8) is 0 Å². The standard InChI is InChI=1S/C22H18FN3O4/c1-30-19-9-10-20(27)16(12-19)13-24-26-22(29)15-3-2-4-18(11-15)25-21(28)14-5-7-17(23)8-6-14/h2-13,27H,1H3,(H,25,28)(H,26,29). The minimum Gasteiger partial charge on any atom is -0.507 e. The van der Waals surface area contributed by atoms with Gasteiger partial charge in [0.15, 0.2) is 0 Å². The van der Waals surface area contributed by atoms with Gasteiger partial charge in [0, 0.05) is 22.4 Å². The van der Waals surface area contributed by atoms with E-state index in [9.17, 15) is 19.1 Å². The van der Waals surface area contributed by atoms with Gasteiger partial charge >= 0.3 is 0 Å². The van der Waals surface area contributed by atoms with Crippen molar-refractivity contribution in [2.24, 2.45) is 5.10 Å². The van der Waals surface area contributed by atoms with Crippen LogP contribution in [-0.2, 0) is 0 Å². The lowest BCUT2D eigenvalue weighted by Gasteiger charge is -2.07. The van der Waals surface area contributed by atoms with E-state index in [1.807, 2.05) is 0 Å². The maximum absolute atomic E-state index is 13.0. The summed E-state index contributed by atoms with van der Waals surface area (Å²) in [5.74, 6) is -0.858. The molecule has 0 spiro atoms. The van der Waals surface area contributed by atoms with Crippen LogP contribution >= 0.6 is 0 Å². The number of aromatic hydroxyl groups is 1. The van der Waals surface area contributed by atoms with Crippen LogP contribution in [0.4, 0.5) is 10.1 Å². The minimum absolute atomic E-state index is 0.0145. The third-order valence-corrected chi connectivity index (χ3v) is 4.09. The summed E-state index contributed by atoms with van der Waals surface area (Å²) in [6.45, 7) is 0. The van der Waals surface area contributed by atoms with Gasteiger partial charge in [-0.3, -0.25) is 9.59 Å². The summed E-state index contributed by atoms with van der Waals surface area (Å²) in [5.41, 5.74) is 3.67. The van der Waals surface area contributed by atoms with Crippen molar-refractivity contribution in [3.8, 4) is 11.5 Å². The number of anilines is 1. The van der Waals surface area contributed by atoms with Crippen molar-refractivity contribution in [3.05, 3.63) is 89.2 Å². The fourth-order valence-corrected chi connectivity index (χ4v) is 2.53. The highest BCUT2D eigenvalue weighted by Crippen LogP contribution is 2.21. The van der Waals surface area contributed by atoms with E-state index in [0.717, 1.165) is 0 Å². The molecule has 0 atom stereocenters. The van der Waals surface area contributed by atoms with Gasteiger partial charge in [0.1, 0.15) is 17.3 Å². The maximum Gasteiger partial charge on any atom is 0.271 e.